The van der Waals surface area contributed by atoms with E-state index in [9.17, 15) is 9.18 Å². The molecule has 34 heavy (non-hydrogen) atoms. The minimum Gasteiger partial charge on any atom is -0.336 e. The summed E-state index contributed by atoms with van der Waals surface area (Å²) in [5, 5.41) is 5.79. The maximum atomic E-state index is 12.4. The van der Waals surface area contributed by atoms with Gasteiger partial charge in [0, 0.05) is 12.6 Å². The van der Waals surface area contributed by atoms with Crippen LogP contribution in [0.5, 0.6) is 0 Å². The molecule has 4 saturated carbocycles. The number of carbonyl (C=O) groups excluding carboxylic acids is 1. The number of carbonyl (C=O) groups is 1. The van der Waals surface area contributed by atoms with E-state index in [0.29, 0.717) is 10.8 Å². The molecule has 0 aromatic carbocycles. The molecule has 4 rings (SSSR count). The van der Waals surface area contributed by atoms with Crippen molar-refractivity contribution in [3.8, 4) is 0 Å². The highest BCUT2D eigenvalue weighted by molar-refractivity contribution is 5.74. The first kappa shape index (κ1) is 26.3. The van der Waals surface area contributed by atoms with E-state index in [1.165, 1.54) is 64.2 Å². The highest BCUT2D eigenvalue weighted by atomic mass is 19.1. The average molecular weight is 477 g/mol. The molecule has 4 aliphatic carbocycles. The van der Waals surface area contributed by atoms with E-state index < -0.39 is 6.67 Å². The van der Waals surface area contributed by atoms with Crippen molar-refractivity contribution in [1.29, 1.82) is 0 Å². The van der Waals surface area contributed by atoms with Crippen LogP contribution in [0.3, 0.4) is 0 Å². The molecule has 0 aromatic heterocycles. The van der Waals surface area contributed by atoms with Crippen LogP contribution in [0.2, 0.25) is 0 Å². The first-order chi connectivity index (χ1) is 16.2. The third-order valence-electron chi connectivity index (χ3n) is 11.6. The molecule has 0 radical (unpaired) electrons. The molecule has 1 unspecified atom stereocenters. The van der Waals surface area contributed by atoms with Crippen LogP contribution in [-0.4, -0.2) is 25.3 Å². The van der Waals surface area contributed by atoms with Crippen molar-refractivity contribution in [3.63, 3.8) is 0 Å². The average Bonchev–Trinajstić information content (AvgIpc) is 3.15. The van der Waals surface area contributed by atoms with Crippen molar-refractivity contribution >= 4 is 6.03 Å². The van der Waals surface area contributed by atoms with E-state index in [0.717, 1.165) is 54.3 Å². The standard InChI is InChI=1S/C30H53FN2O/c1-20(2)7-6-8-21(3)25-11-12-26-24-10-9-22-19-23(33-28(34)32-18-17-31)13-15-29(22,4)27(24)14-16-30(25,26)5/h20-27H,6-19H2,1-5H3,(H2,32,33,34)/t21-,22+,23-,24+,25?,26+,27+,29+,30-/m1/s1. The van der Waals surface area contributed by atoms with Crippen LogP contribution in [0.4, 0.5) is 9.18 Å². The molecule has 4 fully saturated rings. The Bertz CT molecular complexity index is 697. The summed E-state index contributed by atoms with van der Waals surface area (Å²) >= 11 is 0. The van der Waals surface area contributed by atoms with Gasteiger partial charge in [0.25, 0.3) is 0 Å². The lowest BCUT2D eigenvalue weighted by Gasteiger charge is -2.61. The summed E-state index contributed by atoms with van der Waals surface area (Å²) in [5.41, 5.74) is 1.01. The Hall–Kier alpha value is -0.800. The fraction of sp³-hybridized carbons (Fsp3) is 0.967. The van der Waals surface area contributed by atoms with Crippen molar-refractivity contribution < 1.29 is 9.18 Å². The Morgan fingerprint density at radius 3 is 2.41 bits per heavy atom. The third kappa shape index (κ3) is 5.03. The second kappa shape index (κ2) is 10.7. The maximum absolute atomic E-state index is 12.4. The van der Waals surface area contributed by atoms with Gasteiger partial charge in [-0.05, 0) is 110 Å². The molecule has 3 nitrogen and oxygen atoms in total. The number of halogens is 1. The monoisotopic (exact) mass is 476 g/mol. The first-order valence-electron chi connectivity index (χ1n) is 14.8. The fourth-order valence-corrected chi connectivity index (χ4v) is 9.81. The minimum atomic E-state index is -0.500. The Morgan fingerprint density at radius 1 is 0.941 bits per heavy atom. The summed E-state index contributed by atoms with van der Waals surface area (Å²) in [6.45, 7) is 12.2. The minimum absolute atomic E-state index is 0.112. The smallest absolute Gasteiger partial charge is 0.315 e. The van der Waals surface area contributed by atoms with Crippen LogP contribution in [0.15, 0.2) is 0 Å². The van der Waals surface area contributed by atoms with E-state index in [-0.39, 0.29) is 18.6 Å². The number of hydrogen-bond donors (Lipinski definition) is 2. The molecule has 0 heterocycles. The third-order valence-corrected chi connectivity index (χ3v) is 11.6. The van der Waals surface area contributed by atoms with Gasteiger partial charge in [0.1, 0.15) is 6.67 Å². The topological polar surface area (TPSA) is 41.1 Å². The van der Waals surface area contributed by atoms with E-state index in [1.807, 2.05) is 0 Å². The van der Waals surface area contributed by atoms with Gasteiger partial charge in [-0.15, -0.1) is 0 Å². The molecule has 0 aliphatic heterocycles. The number of rotatable bonds is 8. The molecule has 0 spiro atoms. The zero-order valence-electron chi connectivity index (χ0n) is 22.8. The Kier molecular flexibility index (Phi) is 8.24. The van der Waals surface area contributed by atoms with Crippen molar-refractivity contribution in [3.05, 3.63) is 0 Å². The zero-order valence-corrected chi connectivity index (χ0v) is 22.8. The van der Waals surface area contributed by atoms with Gasteiger partial charge in [-0.1, -0.05) is 53.9 Å². The van der Waals surface area contributed by atoms with Crippen molar-refractivity contribution in [2.24, 2.45) is 52.3 Å². The van der Waals surface area contributed by atoms with Crippen LogP contribution in [-0.2, 0) is 0 Å². The van der Waals surface area contributed by atoms with Gasteiger partial charge < -0.3 is 10.6 Å². The van der Waals surface area contributed by atoms with Crippen LogP contribution in [0, 0.1) is 52.3 Å². The van der Waals surface area contributed by atoms with Gasteiger partial charge in [-0.2, -0.15) is 0 Å². The van der Waals surface area contributed by atoms with Gasteiger partial charge in [0.2, 0.25) is 0 Å². The molecule has 2 N–H and O–H groups in total. The van der Waals surface area contributed by atoms with Crippen LogP contribution in [0.1, 0.15) is 112 Å². The Balaban J connectivity index is 1.38. The summed E-state index contributed by atoms with van der Waals surface area (Å²) in [5.74, 6) is 6.10. The van der Waals surface area contributed by atoms with Crippen LogP contribution >= 0.6 is 0 Å². The van der Waals surface area contributed by atoms with Gasteiger partial charge in [-0.3, -0.25) is 0 Å². The second-order valence-corrected chi connectivity index (χ2v) is 13.7. The predicted octanol–water partition coefficient (Wildman–Crippen LogP) is 7.75. The molecule has 4 aliphatic rings. The lowest BCUT2D eigenvalue weighted by molar-refractivity contribution is -0.117. The molecular weight excluding hydrogens is 423 g/mol. The highest BCUT2D eigenvalue weighted by Gasteiger charge is 2.60. The molecule has 0 bridgehead atoms. The molecule has 4 heteroatoms. The lowest BCUT2D eigenvalue weighted by atomic mass is 9.44. The first-order valence-corrected chi connectivity index (χ1v) is 14.8. The maximum Gasteiger partial charge on any atom is 0.315 e. The molecule has 0 aromatic rings. The van der Waals surface area contributed by atoms with Gasteiger partial charge in [0.15, 0.2) is 0 Å². The van der Waals surface area contributed by atoms with E-state index in [2.05, 4.69) is 45.3 Å². The number of alkyl halides is 1. The SMILES string of the molecule is CC(C)CCC[C@@H](C)C1CC[C@H]2[C@@H]3CC[C@H]4C[C@H](NC(=O)NCCF)CC[C@]4(C)[C@H]3CC[C@]12C. The summed E-state index contributed by atoms with van der Waals surface area (Å²) < 4.78 is 12.4. The van der Waals surface area contributed by atoms with Crippen molar-refractivity contribution in [2.75, 3.05) is 13.2 Å². The van der Waals surface area contributed by atoms with Gasteiger partial charge >= 0.3 is 6.03 Å². The number of amides is 2. The molecule has 2 amide bonds. The summed E-state index contributed by atoms with van der Waals surface area (Å²) in [4.78, 5) is 12.1. The Morgan fingerprint density at radius 2 is 1.68 bits per heavy atom. The normalized spacial score (nSPS) is 42.4. The van der Waals surface area contributed by atoms with Crippen LogP contribution < -0.4 is 10.6 Å². The number of urea groups is 1. The molecule has 0 saturated heterocycles. The molecular formula is C30H53FN2O. The predicted molar refractivity (Wildman–Crippen MR) is 139 cm³/mol. The molecule has 196 valence electrons. The lowest BCUT2D eigenvalue weighted by Crippen LogP contribution is -2.56. The second-order valence-electron chi connectivity index (χ2n) is 13.7. The largest absolute Gasteiger partial charge is 0.336 e. The highest BCUT2D eigenvalue weighted by Crippen LogP contribution is 2.68. The summed E-state index contributed by atoms with van der Waals surface area (Å²) in [6.07, 6.45) is 16.2. The fourth-order valence-electron chi connectivity index (χ4n) is 9.81. The number of nitrogens with one attached hydrogen (secondary N) is 2. The zero-order chi connectivity index (χ0) is 24.5. The Labute approximate surface area is 209 Å². The number of fused-ring (bicyclic) bond motifs is 5. The van der Waals surface area contributed by atoms with Gasteiger partial charge in [-0.25, -0.2) is 9.18 Å². The van der Waals surface area contributed by atoms with Gasteiger partial charge in [0.05, 0.1) is 0 Å². The number of hydrogen-bond acceptors (Lipinski definition) is 1. The summed E-state index contributed by atoms with van der Waals surface area (Å²) in [6, 6.07) is 0.0681. The summed E-state index contributed by atoms with van der Waals surface area (Å²) in [7, 11) is 0. The van der Waals surface area contributed by atoms with Crippen molar-refractivity contribution in [2.45, 2.75) is 118 Å². The van der Waals surface area contributed by atoms with Crippen molar-refractivity contribution in [1.82, 2.24) is 10.6 Å². The quantitative estimate of drug-likeness (QED) is 0.369. The van der Waals surface area contributed by atoms with E-state index >= 15 is 0 Å². The molecule has 9 atom stereocenters. The van der Waals surface area contributed by atoms with E-state index in [1.54, 1.807) is 0 Å². The van der Waals surface area contributed by atoms with E-state index in [4.69, 9.17) is 0 Å². The van der Waals surface area contributed by atoms with Crippen LogP contribution in [0.25, 0.3) is 0 Å².